The average molecular weight is 303 g/mol. The number of carbonyl (C=O) groups excluding carboxylic acids is 1. The number of nitrogens with zero attached hydrogens (tertiary/aromatic N) is 2. The van der Waals surface area contributed by atoms with Gasteiger partial charge >= 0.3 is 5.97 Å². The highest BCUT2D eigenvalue weighted by Gasteiger charge is 2.31. The third kappa shape index (κ3) is 2.87. The first kappa shape index (κ1) is 14.6. The Morgan fingerprint density at radius 3 is 2.79 bits per heavy atom. The lowest BCUT2D eigenvalue weighted by Crippen LogP contribution is -2.45. The van der Waals surface area contributed by atoms with E-state index < -0.39 is 5.97 Å². The second kappa shape index (κ2) is 5.67. The highest BCUT2D eigenvalue weighted by Crippen LogP contribution is 2.36. The highest BCUT2D eigenvalue weighted by atomic mass is 35.5. The number of rotatable bonds is 2. The van der Waals surface area contributed by atoms with Gasteiger partial charge in [-0.25, -0.2) is 9.78 Å². The summed E-state index contributed by atoms with van der Waals surface area (Å²) in [5.41, 5.74) is 0. The topological polar surface area (TPSA) is 42.4 Å². The van der Waals surface area contributed by atoms with Gasteiger partial charge in [-0.1, -0.05) is 36.8 Å². The van der Waals surface area contributed by atoms with Gasteiger partial charge in [-0.3, -0.25) is 0 Å². The maximum atomic E-state index is 11.6. The Morgan fingerprint density at radius 1 is 1.47 bits per heavy atom. The van der Waals surface area contributed by atoms with Crippen molar-refractivity contribution in [2.45, 2.75) is 33.2 Å². The van der Waals surface area contributed by atoms with E-state index in [1.165, 1.54) is 24.9 Å². The molecule has 3 atom stereocenters. The maximum absolute atomic E-state index is 11.6. The number of carbonyl (C=O) groups is 1. The van der Waals surface area contributed by atoms with E-state index in [0.717, 1.165) is 11.7 Å². The zero-order chi connectivity index (χ0) is 14.2. The molecule has 2 rings (SSSR count). The van der Waals surface area contributed by atoms with Gasteiger partial charge in [-0.05, 0) is 25.2 Å². The van der Waals surface area contributed by atoms with E-state index in [1.54, 1.807) is 0 Å². The molecule has 0 N–H and O–H groups in total. The maximum Gasteiger partial charge on any atom is 0.351 e. The van der Waals surface area contributed by atoms with Gasteiger partial charge in [-0.2, -0.15) is 0 Å². The van der Waals surface area contributed by atoms with Gasteiger partial charge in [0.05, 0.1) is 7.11 Å². The van der Waals surface area contributed by atoms with Crippen LogP contribution in [0.1, 0.15) is 36.9 Å². The zero-order valence-corrected chi connectivity index (χ0v) is 13.2. The normalized spacial score (nSPS) is 27.4. The SMILES string of the molecule is COC(=O)c1sc(N2CC(C)CC(C)C2C)nc1Cl. The van der Waals surface area contributed by atoms with Gasteiger partial charge in [0.15, 0.2) is 15.2 Å². The predicted molar refractivity (Wildman–Crippen MR) is 78.2 cm³/mol. The van der Waals surface area contributed by atoms with Gasteiger partial charge in [0.25, 0.3) is 0 Å². The van der Waals surface area contributed by atoms with Crippen molar-refractivity contribution in [1.29, 1.82) is 0 Å². The fraction of sp³-hybridized carbons (Fsp3) is 0.692. The first-order valence-corrected chi connectivity index (χ1v) is 7.64. The summed E-state index contributed by atoms with van der Waals surface area (Å²) in [7, 11) is 1.35. The molecular weight excluding hydrogens is 284 g/mol. The molecule has 1 aliphatic rings. The number of thiazole rings is 1. The van der Waals surface area contributed by atoms with Crippen LogP contribution >= 0.6 is 22.9 Å². The van der Waals surface area contributed by atoms with E-state index in [2.05, 4.69) is 30.7 Å². The van der Waals surface area contributed by atoms with E-state index >= 15 is 0 Å². The van der Waals surface area contributed by atoms with Crippen LogP contribution in [-0.4, -0.2) is 30.6 Å². The summed E-state index contributed by atoms with van der Waals surface area (Å²) < 4.78 is 4.72. The molecule has 4 nitrogen and oxygen atoms in total. The molecule has 0 aromatic carbocycles. The number of ether oxygens (including phenoxy) is 1. The summed E-state index contributed by atoms with van der Waals surface area (Å²) in [6, 6.07) is 0.406. The van der Waals surface area contributed by atoms with Crippen molar-refractivity contribution < 1.29 is 9.53 Å². The van der Waals surface area contributed by atoms with Crippen LogP contribution in [0.25, 0.3) is 0 Å². The molecule has 1 saturated heterocycles. The summed E-state index contributed by atoms with van der Waals surface area (Å²) in [5.74, 6) is 0.808. The van der Waals surface area contributed by atoms with Gasteiger partial charge in [-0.15, -0.1) is 0 Å². The Morgan fingerprint density at radius 2 is 2.16 bits per heavy atom. The number of halogens is 1. The zero-order valence-electron chi connectivity index (χ0n) is 11.6. The van der Waals surface area contributed by atoms with E-state index in [0.29, 0.717) is 22.8 Å². The Balaban J connectivity index is 2.28. The molecule has 3 unspecified atom stereocenters. The van der Waals surface area contributed by atoms with E-state index in [-0.39, 0.29) is 5.15 Å². The molecule has 1 fully saturated rings. The van der Waals surface area contributed by atoms with E-state index in [4.69, 9.17) is 16.3 Å². The lowest BCUT2D eigenvalue weighted by atomic mass is 9.86. The fourth-order valence-corrected chi connectivity index (χ4v) is 3.90. The van der Waals surface area contributed by atoms with Crippen molar-refractivity contribution >= 4 is 34.0 Å². The van der Waals surface area contributed by atoms with Crippen LogP contribution in [0.5, 0.6) is 0 Å². The minimum absolute atomic E-state index is 0.241. The average Bonchev–Trinajstić information content (AvgIpc) is 2.74. The lowest BCUT2D eigenvalue weighted by molar-refractivity contribution is 0.0606. The molecule has 2 heterocycles. The van der Waals surface area contributed by atoms with Crippen LogP contribution in [0.2, 0.25) is 5.15 Å². The summed E-state index contributed by atoms with van der Waals surface area (Å²) >= 11 is 7.34. The summed E-state index contributed by atoms with van der Waals surface area (Å²) in [4.78, 5) is 18.6. The number of methoxy groups -OCH3 is 1. The third-order valence-corrected chi connectivity index (χ3v) is 5.25. The molecule has 0 bridgehead atoms. The van der Waals surface area contributed by atoms with Crippen molar-refractivity contribution in [2.75, 3.05) is 18.6 Å². The standard InChI is InChI=1S/C13H19ClN2O2S/c1-7-5-8(2)9(3)16(6-7)13-15-11(14)10(19-13)12(17)18-4/h7-9H,5-6H2,1-4H3. The molecule has 0 radical (unpaired) electrons. The first-order valence-electron chi connectivity index (χ1n) is 6.45. The van der Waals surface area contributed by atoms with Crippen LogP contribution < -0.4 is 4.90 Å². The van der Waals surface area contributed by atoms with Crippen LogP contribution in [0.3, 0.4) is 0 Å². The Kier molecular flexibility index (Phi) is 4.36. The Labute approximate surface area is 122 Å². The van der Waals surface area contributed by atoms with Gasteiger partial charge in [0, 0.05) is 12.6 Å². The number of aromatic nitrogens is 1. The number of piperidine rings is 1. The number of hydrogen-bond acceptors (Lipinski definition) is 5. The first-order chi connectivity index (χ1) is 8.93. The predicted octanol–water partition coefficient (Wildman–Crippen LogP) is 3.45. The van der Waals surface area contributed by atoms with Crippen molar-refractivity contribution in [3.05, 3.63) is 10.0 Å². The number of anilines is 1. The minimum Gasteiger partial charge on any atom is -0.465 e. The molecular formula is C13H19ClN2O2S. The summed E-state index contributed by atoms with van der Waals surface area (Å²) in [6.45, 7) is 7.65. The molecule has 6 heteroatoms. The third-order valence-electron chi connectivity index (χ3n) is 3.79. The van der Waals surface area contributed by atoms with Crippen molar-refractivity contribution in [3.8, 4) is 0 Å². The molecule has 0 saturated carbocycles. The molecule has 0 amide bonds. The largest absolute Gasteiger partial charge is 0.465 e. The van der Waals surface area contributed by atoms with Crippen molar-refractivity contribution in [3.63, 3.8) is 0 Å². The van der Waals surface area contributed by atoms with Gasteiger partial charge < -0.3 is 9.64 Å². The second-order valence-electron chi connectivity index (χ2n) is 5.32. The quantitative estimate of drug-likeness (QED) is 0.785. The van der Waals surface area contributed by atoms with E-state index in [9.17, 15) is 4.79 Å². The Hall–Kier alpha value is -0.810. The van der Waals surface area contributed by atoms with Crippen LogP contribution in [0.4, 0.5) is 5.13 Å². The molecule has 0 spiro atoms. The molecule has 1 aromatic rings. The van der Waals surface area contributed by atoms with Crippen molar-refractivity contribution in [1.82, 2.24) is 4.98 Å². The molecule has 0 aliphatic carbocycles. The number of esters is 1. The molecule has 1 aromatic heterocycles. The molecule has 106 valence electrons. The van der Waals surface area contributed by atoms with Gasteiger partial charge in [0.2, 0.25) is 0 Å². The highest BCUT2D eigenvalue weighted by molar-refractivity contribution is 7.18. The molecule has 19 heavy (non-hydrogen) atoms. The van der Waals surface area contributed by atoms with Gasteiger partial charge in [0.1, 0.15) is 0 Å². The number of hydrogen-bond donors (Lipinski definition) is 0. The smallest absolute Gasteiger partial charge is 0.351 e. The van der Waals surface area contributed by atoms with Crippen molar-refractivity contribution in [2.24, 2.45) is 11.8 Å². The van der Waals surface area contributed by atoms with Crippen LogP contribution in [0, 0.1) is 11.8 Å². The molecule has 1 aliphatic heterocycles. The minimum atomic E-state index is -0.417. The second-order valence-corrected chi connectivity index (χ2v) is 6.65. The van der Waals surface area contributed by atoms with Crippen LogP contribution in [0.15, 0.2) is 0 Å². The Bertz CT molecular complexity index is 477. The monoisotopic (exact) mass is 302 g/mol. The fourth-order valence-electron chi connectivity index (χ4n) is 2.60. The van der Waals surface area contributed by atoms with Crippen LogP contribution in [-0.2, 0) is 4.74 Å². The van der Waals surface area contributed by atoms with E-state index in [1.807, 2.05) is 0 Å². The summed E-state index contributed by atoms with van der Waals surface area (Å²) in [6.07, 6.45) is 1.22. The summed E-state index contributed by atoms with van der Waals surface area (Å²) in [5, 5.41) is 1.06. The lowest BCUT2D eigenvalue weighted by Gasteiger charge is -2.41.